The van der Waals surface area contributed by atoms with Crippen LogP contribution < -0.4 is 4.90 Å². The number of carbonyl (C=O) groups is 2. The quantitative estimate of drug-likeness (QED) is 0.841. The molecule has 2 amide bonds. The molecule has 0 unspecified atom stereocenters. The summed E-state index contributed by atoms with van der Waals surface area (Å²) in [5.41, 5.74) is 2.28. The van der Waals surface area contributed by atoms with Crippen molar-refractivity contribution in [1.82, 2.24) is 4.90 Å². The van der Waals surface area contributed by atoms with E-state index in [-0.39, 0.29) is 11.8 Å². The molecule has 0 radical (unpaired) electrons. The lowest BCUT2D eigenvalue weighted by Crippen LogP contribution is -2.36. The van der Waals surface area contributed by atoms with Gasteiger partial charge in [0.1, 0.15) is 0 Å². The molecule has 3 rings (SSSR count). The number of hydrogen-bond donors (Lipinski definition) is 0. The number of amides is 2. The van der Waals surface area contributed by atoms with Gasteiger partial charge in [0.2, 0.25) is 11.8 Å². The van der Waals surface area contributed by atoms with E-state index in [1.807, 2.05) is 28.0 Å². The van der Waals surface area contributed by atoms with Crippen LogP contribution in [0.15, 0.2) is 24.3 Å². The molecule has 0 N–H and O–H groups in total. The predicted molar refractivity (Wildman–Crippen MR) is 77.5 cm³/mol. The zero-order valence-corrected chi connectivity index (χ0v) is 11.8. The maximum absolute atomic E-state index is 12.4. The summed E-state index contributed by atoms with van der Waals surface area (Å²) in [5.74, 6) is 0.212. The molecule has 106 valence electrons. The van der Waals surface area contributed by atoms with Crippen molar-refractivity contribution >= 4 is 17.5 Å². The highest BCUT2D eigenvalue weighted by atomic mass is 16.2. The molecule has 0 saturated heterocycles. The first kappa shape index (κ1) is 13.2. The van der Waals surface area contributed by atoms with E-state index in [1.54, 1.807) is 6.92 Å². The number of carbonyl (C=O) groups excluding carboxylic acids is 2. The third-order valence-electron chi connectivity index (χ3n) is 4.15. The second-order valence-electron chi connectivity index (χ2n) is 5.62. The van der Waals surface area contributed by atoms with Crippen LogP contribution in [-0.4, -0.2) is 35.8 Å². The third-order valence-corrected chi connectivity index (χ3v) is 4.15. The molecule has 1 aromatic carbocycles. The molecule has 20 heavy (non-hydrogen) atoms. The summed E-state index contributed by atoms with van der Waals surface area (Å²) in [6, 6.07) is 8.44. The Hall–Kier alpha value is -1.84. The van der Waals surface area contributed by atoms with E-state index >= 15 is 0 Å². The smallest absolute Gasteiger partial charge is 0.228 e. The second-order valence-corrected chi connectivity index (χ2v) is 5.62. The lowest BCUT2D eigenvalue weighted by atomic mass is 10.2. The van der Waals surface area contributed by atoms with Crippen LogP contribution in [0.5, 0.6) is 0 Å². The standard InChI is InChI=1S/C16H20N2O2/c1-12(19)17(14-6-7-14)11-9-16(20)18-10-8-13-4-2-3-5-15(13)18/h2-5,14H,6-11H2,1H3. The van der Waals surface area contributed by atoms with Gasteiger partial charge in [0.05, 0.1) is 0 Å². The summed E-state index contributed by atoms with van der Waals surface area (Å²) >= 11 is 0. The average molecular weight is 272 g/mol. The lowest BCUT2D eigenvalue weighted by molar-refractivity contribution is -0.130. The van der Waals surface area contributed by atoms with Gasteiger partial charge >= 0.3 is 0 Å². The molecule has 1 saturated carbocycles. The van der Waals surface area contributed by atoms with Crippen LogP contribution in [0.1, 0.15) is 31.7 Å². The van der Waals surface area contributed by atoms with Gasteiger partial charge in [-0.3, -0.25) is 9.59 Å². The van der Waals surface area contributed by atoms with Gasteiger partial charge in [-0.05, 0) is 30.9 Å². The molecule has 0 atom stereocenters. The minimum atomic E-state index is 0.0853. The van der Waals surface area contributed by atoms with Crippen molar-refractivity contribution in [1.29, 1.82) is 0 Å². The Morgan fingerprint density at radius 2 is 2.05 bits per heavy atom. The molecule has 1 fully saturated rings. The normalized spacial score (nSPS) is 16.9. The zero-order chi connectivity index (χ0) is 14.1. The highest BCUT2D eigenvalue weighted by Gasteiger charge is 2.32. The number of hydrogen-bond acceptors (Lipinski definition) is 2. The van der Waals surface area contributed by atoms with Crippen LogP contribution in [0.3, 0.4) is 0 Å². The highest BCUT2D eigenvalue weighted by molar-refractivity contribution is 5.95. The van der Waals surface area contributed by atoms with Gasteiger partial charge < -0.3 is 9.80 Å². The van der Waals surface area contributed by atoms with E-state index in [9.17, 15) is 9.59 Å². The van der Waals surface area contributed by atoms with Crippen LogP contribution in [0, 0.1) is 0 Å². The molecule has 4 heteroatoms. The van der Waals surface area contributed by atoms with Crippen LogP contribution in [-0.2, 0) is 16.0 Å². The Balaban J connectivity index is 1.61. The fourth-order valence-corrected chi connectivity index (χ4v) is 2.93. The number of para-hydroxylation sites is 1. The molecule has 0 bridgehead atoms. The van der Waals surface area contributed by atoms with Crippen LogP contribution >= 0.6 is 0 Å². The van der Waals surface area contributed by atoms with Gasteiger partial charge in [0, 0.05) is 38.2 Å². The average Bonchev–Trinajstić information content (AvgIpc) is 3.17. The number of anilines is 1. The van der Waals surface area contributed by atoms with E-state index in [0.29, 0.717) is 19.0 Å². The SMILES string of the molecule is CC(=O)N(CCC(=O)N1CCc2ccccc21)C1CC1. The summed E-state index contributed by atoms with van der Waals surface area (Å²) in [7, 11) is 0. The summed E-state index contributed by atoms with van der Waals surface area (Å²) in [5, 5.41) is 0. The van der Waals surface area contributed by atoms with Crippen LogP contribution in [0.4, 0.5) is 5.69 Å². The minimum Gasteiger partial charge on any atom is -0.339 e. The minimum absolute atomic E-state index is 0.0853. The molecule has 0 spiro atoms. The van der Waals surface area contributed by atoms with Crippen molar-refractivity contribution in [2.75, 3.05) is 18.0 Å². The van der Waals surface area contributed by atoms with Gasteiger partial charge in [0.15, 0.2) is 0 Å². The zero-order valence-electron chi connectivity index (χ0n) is 11.8. The number of rotatable bonds is 4. The van der Waals surface area contributed by atoms with E-state index in [0.717, 1.165) is 31.5 Å². The highest BCUT2D eigenvalue weighted by Crippen LogP contribution is 2.29. The van der Waals surface area contributed by atoms with Gasteiger partial charge in [-0.1, -0.05) is 18.2 Å². The number of fused-ring (bicyclic) bond motifs is 1. The van der Waals surface area contributed by atoms with Crippen molar-refractivity contribution in [3.8, 4) is 0 Å². The molecule has 4 nitrogen and oxygen atoms in total. The Morgan fingerprint density at radius 3 is 2.75 bits per heavy atom. The molecule has 1 aliphatic heterocycles. The van der Waals surface area contributed by atoms with Crippen molar-refractivity contribution < 1.29 is 9.59 Å². The van der Waals surface area contributed by atoms with E-state index in [1.165, 1.54) is 5.56 Å². The monoisotopic (exact) mass is 272 g/mol. The molecular formula is C16H20N2O2. The fraction of sp³-hybridized carbons (Fsp3) is 0.500. The molecule has 1 heterocycles. The van der Waals surface area contributed by atoms with E-state index < -0.39 is 0 Å². The van der Waals surface area contributed by atoms with Crippen molar-refractivity contribution in [3.63, 3.8) is 0 Å². The first-order valence-electron chi connectivity index (χ1n) is 7.32. The van der Waals surface area contributed by atoms with E-state index in [4.69, 9.17) is 0 Å². The maximum atomic E-state index is 12.4. The first-order chi connectivity index (χ1) is 9.66. The summed E-state index contributed by atoms with van der Waals surface area (Å²) in [6.45, 7) is 2.91. The Morgan fingerprint density at radius 1 is 1.30 bits per heavy atom. The van der Waals surface area contributed by atoms with E-state index in [2.05, 4.69) is 6.07 Å². The van der Waals surface area contributed by atoms with Gasteiger partial charge in [0.25, 0.3) is 0 Å². The fourth-order valence-electron chi connectivity index (χ4n) is 2.93. The van der Waals surface area contributed by atoms with Gasteiger partial charge in [-0.2, -0.15) is 0 Å². The van der Waals surface area contributed by atoms with Crippen molar-refractivity contribution in [2.45, 2.75) is 38.6 Å². The van der Waals surface area contributed by atoms with Crippen LogP contribution in [0.25, 0.3) is 0 Å². The summed E-state index contributed by atoms with van der Waals surface area (Å²) in [4.78, 5) is 27.6. The Labute approximate surface area is 119 Å². The largest absolute Gasteiger partial charge is 0.339 e. The van der Waals surface area contributed by atoms with Gasteiger partial charge in [-0.15, -0.1) is 0 Å². The summed E-state index contributed by atoms with van der Waals surface area (Å²) in [6.07, 6.45) is 3.52. The molecule has 0 aromatic heterocycles. The van der Waals surface area contributed by atoms with Gasteiger partial charge in [-0.25, -0.2) is 0 Å². The summed E-state index contributed by atoms with van der Waals surface area (Å²) < 4.78 is 0. The third kappa shape index (κ3) is 2.55. The first-order valence-corrected chi connectivity index (χ1v) is 7.32. The Bertz CT molecular complexity index is 537. The number of nitrogens with zero attached hydrogens (tertiary/aromatic N) is 2. The maximum Gasteiger partial charge on any atom is 0.228 e. The van der Waals surface area contributed by atoms with Crippen molar-refractivity contribution in [2.24, 2.45) is 0 Å². The molecule has 1 aromatic rings. The Kier molecular flexibility index (Phi) is 3.47. The molecule has 2 aliphatic rings. The lowest BCUT2D eigenvalue weighted by Gasteiger charge is -2.23. The predicted octanol–water partition coefficient (Wildman–Crippen LogP) is 1.98. The molecular weight excluding hydrogens is 252 g/mol. The second kappa shape index (κ2) is 5.27. The topological polar surface area (TPSA) is 40.6 Å². The van der Waals surface area contributed by atoms with Crippen molar-refractivity contribution in [3.05, 3.63) is 29.8 Å². The number of benzene rings is 1. The molecule has 1 aliphatic carbocycles. The van der Waals surface area contributed by atoms with Crippen LogP contribution in [0.2, 0.25) is 0 Å².